The summed E-state index contributed by atoms with van der Waals surface area (Å²) in [5.74, 6) is -0.625. The predicted molar refractivity (Wildman–Crippen MR) is 126 cm³/mol. The van der Waals surface area contributed by atoms with Crippen molar-refractivity contribution in [2.75, 3.05) is 28.2 Å². The molecule has 2 amide bonds. The van der Waals surface area contributed by atoms with Crippen molar-refractivity contribution in [3.8, 4) is 0 Å². The van der Waals surface area contributed by atoms with E-state index < -0.39 is 0 Å². The van der Waals surface area contributed by atoms with Gasteiger partial charge in [0, 0.05) is 29.3 Å². The second-order valence-electron chi connectivity index (χ2n) is 7.88. The molecule has 31 heavy (non-hydrogen) atoms. The lowest BCUT2D eigenvalue weighted by molar-refractivity contribution is -0.120. The van der Waals surface area contributed by atoms with Gasteiger partial charge in [-0.3, -0.25) is 9.59 Å². The third-order valence-corrected chi connectivity index (χ3v) is 6.61. The maximum absolute atomic E-state index is 13.4. The number of carbonyl (C=O) groups excluding carboxylic acids is 2. The molecule has 0 saturated carbocycles. The maximum Gasteiger partial charge on any atom is 0.282 e. The zero-order chi connectivity index (χ0) is 21.4. The number of nitrogens with zero attached hydrogens (tertiary/aromatic N) is 2. The zero-order valence-corrected chi connectivity index (χ0v) is 18.1. The average molecular weight is 430 g/mol. The topological polar surface area (TPSA) is 52.7 Å². The second-order valence-corrected chi connectivity index (χ2v) is 8.83. The lowest BCUT2D eigenvalue weighted by atomic mass is 10.1. The van der Waals surface area contributed by atoms with E-state index in [1.54, 1.807) is 0 Å². The fourth-order valence-corrected chi connectivity index (χ4v) is 4.95. The smallest absolute Gasteiger partial charge is 0.282 e. The molecule has 156 valence electrons. The van der Waals surface area contributed by atoms with Gasteiger partial charge in [0.15, 0.2) is 0 Å². The van der Waals surface area contributed by atoms with Crippen LogP contribution in [0.5, 0.6) is 0 Å². The van der Waals surface area contributed by atoms with Crippen LogP contribution in [0.2, 0.25) is 0 Å². The maximum atomic E-state index is 13.4. The molecule has 2 aromatic carbocycles. The molecule has 0 aliphatic carbocycles. The van der Waals surface area contributed by atoms with E-state index in [0.717, 1.165) is 34.9 Å². The molecule has 1 aromatic heterocycles. The van der Waals surface area contributed by atoms with Gasteiger partial charge in [-0.2, -0.15) is 0 Å². The van der Waals surface area contributed by atoms with Crippen LogP contribution in [0, 0.1) is 6.92 Å². The van der Waals surface area contributed by atoms with Crippen LogP contribution in [0.3, 0.4) is 0 Å². The summed E-state index contributed by atoms with van der Waals surface area (Å²) in [6.07, 6.45) is 2.40. The molecule has 2 aliphatic heterocycles. The third kappa shape index (κ3) is 3.64. The van der Waals surface area contributed by atoms with Crippen molar-refractivity contribution in [1.29, 1.82) is 0 Å². The van der Waals surface area contributed by atoms with Crippen molar-refractivity contribution in [3.63, 3.8) is 0 Å². The third-order valence-electron chi connectivity index (χ3n) is 5.72. The SMILES string of the molecule is Cc1cccc(NC2=C(c3cccs3)C(=O)N(c3ccc(N4CCCC4)cc3)C2=O)c1. The molecule has 5 nitrogen and oxygen atoms in total. The van der Waals surface area contributed by atoms with Crippen molar-refractivity contribution in [2.24, 2.45) is 0 Å². The van der Waals surface area contributed by atoms with E-state index in [1.807, 2.05) is 73.0 Å². The van der Waals surface area contributed by atoms with Gasteiger partial charge in [-0.05, 0) is 73.2 Å². The molecule has 1 N–H and O–H groups in total. The van der Waals surface area contributed by atoms with Crippen LogP contribution in [0.25, 0.3) is 5.57 Å². The van der Waals surface area contributed by atoms with Crippen LogP contribution in [0.15, 0.2) is 71.7 Å². The number of aryl methyl sites for hydroxylation is 1. The monoisotopic (exact) mass is 429 g/mol. The molecular weight excluding hydrogens is 406 g/mol. The number of nitrogens with one attached hydrogen (secondary N) is 1. The summed E-state index contributed by atoms with van der Waals surface area (Å²) in [5.41, 5.74) is 4.33. The summed E-state index contributed by atoms with van der Waals surface area (Å²) in [6.45, 7) is 4.10. The first-order valence-corrected chi connectivity index (χ1v) is 11.4. The Morgan fingerprint density at radius 2 is 1.61 bits per heavy atom. The van der Waals surface area contributed by atoms with Crippen molar-refractivity contribution in [1.82, 2.24) is 0 Å². The summed E-state index contributed by atoms with van der Waals surface area (Å²) in [7, 11) is 0. The average Bonchev–Trinajstić information content (AvgIpc) is 3.52. The Labute approximate surface area is 185 Å². The minimum Gasteiger partial charge on any atom is -0.372 e. The first-order valence-electron chi connectivity index (χ1n) is 10.5. The largest absolute Gasteiger partial charge is 0.372 e. The van der Waals surface area contributed by atoms with Gasteiger partial charge in [0.2, 0.25) is 0 Å². The van der Waals surface area contributed by atoms with E-state index in [0.29, 0.717) is 17.0 Å². The van der Waals surface area contributed by atoms with E-state index in [2.05, 4.69) is 10.2 Å². The van der Waals surface area contributed by atoms with Gasteiger partial charge in [0.1, 0.15) is 5.70 Å². The molecule has 0 radical (unpaired) electrons. The van der Waals surface area contributed by atoms with Gasteiger partial charge < -0.3 is 10.2 Å². The summed E-state index contributed by atoms with van der Waals surface area (Å²) < 4.78 is 0. The van der Waals surface area contributed by atoms with Crippen molar-refractivity contribution in [3.05, 3.63) is 82.2 Å². The highest BCUT2D eigenvalue weighted by molar-refractivity contribution is 7.11. The Kier molecular flexibility index (Phi) is 5.08. The Morgan fingerprint density at radius 1 is 0.871 bits per heavy atom. The molecule has 1 saturated heterocycles. The van der Waals surface area contributed by atoms with Gasteiger partial charge in [-0.15, -0.1) is 11.3 Å². The Hall–Kier alpha value is -3.38. The van der Waals surface area contributed by atoms with Crippen LogP contribution in [0.1, 0.15) is 23.3 Å². The van der Waals surface area contributed by atoms with Crippen LogP contribution >= 0.6 is 11.3 Å². The number of anilines is 3. The summed E-state index contributed by atoms with van der Waals surface area (Å²) >= 11 is 1.46. The van der Waals surface area contributed by atoms with E-state index in [-0.39, 0.29) is 11.8 Å². The van der Waals surface area contributed by atoms with Crippen molar-refractivity contribution < 1.29 is 9.59 Å². The van der Waals surface area contributed by atoms with Gasteiger partial charge in [-0.25, -0.2) is 4.90 Å². The molecule has 3 heterocycles. The van der Waals surface area contributed by atoms with E-state index >= 15 is 0 Å². The number of hydrogen-bond donors (Lipinski definition) is 1. The Morgan fingerprint density at radius 3 is 2.29 bits per heavy atom. The summed E-state index contributed by atoms with van der Waals surface area (Å²) in [4.78, 5) is 31.2. The molecule has 6 heteroatoms. The highest BCUT2D eigenvalue weighted by Crippen LogP contribution is 2.36. The van der Waals surface area contributed by atoms with E-state index in [9.17, 15) is 9.59 Å². The lowest BCUT2D eigenvalue weighted by Gasteiger charge is -2.20. The van der Waals surface area contributed by atoms with Crippen LogP contribution < -0.4 is 15.1 Å². The molecule has 0 spiro atoms. The quantitative estimate of drug-likeness (QED) is 0.577. The minimum atomic E-state index is -0.330. The van der Waals surface area contributed by atoms with Gasteiger partial charge in [-0.1, -0.05) is 18.2 Å². The highest BCUT2D eigenvalue weighted by atomic mass is 32.1. The highest BCUT2D eigenvalue weighted by Gasteiger charge is 2.40. The first kappa shape index (κ1) is 19.6. The number of thiophene rings is 1. The van der Waals surface area contributed by atoms with Crippen LogP contribution in [-0.2, 0) is 9.59 Å². The molecule has 1 fully saturated rings. The minimum absolute atomic E-state index is 0.295. The molecule has 3 aromatic rings. The standard InChI is InChI=1S/C25H23N3O2S/c1-17-6-4-7-18(16-17)26-23-22(21-8-5-15-31-21)24(29)28(25(23)30)20-11-9-19(10-12-20)27-13-2-3-14-27/h4-12,15-16,26H,2-3,13-14H2,1H3. The molecule has 5 rings (SSSR count). The fraction of sp³-hybridized carbons (Fsp3) is 0.200. The van der Waals surface area contributed by atoms with Crippen molar-refractivity contribution in [2.45, 2.75) is 19.8 Å². The van der Waals surface area contributed by atoms with E-state index in [1.165, 1.54) is 29.1 Å². The number of hydrogen-bond acceptors (Lipinski definition) is 5. The molecule has 0 unspecified atom stereocenters. The van der Waals surface area contributed by atoms with Gasteiger partial charge in [0.05, 0.1) is 11.3 Å². The lowest BCUT2D eigenvalue weighted by Crippen LogP contribution is -2.32. The summed E-state index contributed by atoms with van der Waals surface area (Å²) in [5, 5.41) is 5.14. The first-order chi connectivity index (χ1) is 15.1. The van der Waals surface area contributed by atoms with E-state index in [4.69, 9.17) is 0 Å². The Balaban J connectivity index is 1.50. The fourth-order valence-electron chi connectivity index (χ4n) is 4.18. The number of benzene rings is 2. The molecular formula is C25H23N3O2S. The number of carbonyl (C=O) groups is 2. The molecule has 2 aliphatic rings. The van der Waals surface area contributed by atoms with Crippen LogP contribution in [-0.4, -0.2) is 24.9 Å². The van der Waals surface area contributed by atoms with Gasteiger partial charge in [0.25, 0.3) is 11.8 Å². The number of rotatable bonds is 5. The normalized spacial score (nSPS) is 16.5. The second kappa shape index (κ2) is 8.04. The van der Waals surface area contributed by atoms with Gasteiger partial charge >= 0.3 is 0 Å². The molecule has 0 atom stereocenters. The van der Waals surface area contributed by atoms with Crippen molar-refractivity contribution >= 4 is 45.8 Å². The number of amides is 2. The van der Waals surface area contributed by atoms with Crippen LogP contribution in [0.4, 0.5) is 17.1 Å². The predicted octanol–water partition coefficient (Wildman–Crippen LogP) is 5.05. The molecule has 0 bridgehead atoms. The number of imide groups is 1. The summed E-state index contributed by atoms with van der Waals surface area (Å²) in [6, 6.07) is 19.3. The Bertz CT molecular complexity index is 1160. The zero-order valence-electron chi connectivity index (χ0n) is 17.3.